The van der Waals surface area contributed by atoms with Crippen molar-refractivity contribution in [1.82, 2.24) is 4.90 Å². The first-order valence-corrected chi connectivity index (χ1v) is 5.14. The summed E-state index contributed by atoms with van der Waals surface area (Å²) in [6.07, 6.45) is 4.71. The lowest BCUT2D eigenvalue weighted by Crippen LogP contribution is -2.45. The summed E-state index contributed by atoms with van der Waals surface area (Å²) in [6.45, 7) is 6.86. The first-order chi connectivity index (χ1) is 5.77. The highest BCUT2D eigenvalue weighted by Crippen LogP contribution is 2.24. The zero-order valence-corrected chi connectivity index (χ0v) is 8.12. The Morgan fingerprint density at radius 3 is 2.33 bits per heavy atom. The van der Waals surface area contributed by atoms with Gasteiger partial charge in [-0.2, -0.15) is 0 Å². The molecule has 2 rings (SSSR count). The standard InChI is InChI=1S/C10H19NO/c1-8-4-3-5-9(2)11(8)6-10-7-12-10/h8-10H,3-7H2,1-2H3/t8-,9+,10-/m0/s1. The first kappa shape index (κ1) is 8.52. The van der Waals surface area contributed by atoms with Crippen LogP contribution in [0.1, 0.15) is 33.1 Å². The van der Waals surface area contributed by atoms with Crippen LogP contribution < -0.4 is 0 Å². The van der Waals surface area contributed by atoms with Crippen LogP contribution in [0.4, 0.5) is 0 Å². The van der Waals surface area contributed by atoms with Gasteiger partial charge in [-0.05, 0) is 26.7 Å². The van der Waals surface area contributed by atoms with Crippen molar-refractivity contribution >= 4 is 0 Å². The van der Waals surface area contributed by atoms with Crippen LogP contribution in [0.15, 0.2) is 0 Å². The molecule has 0 aromatic heterocycles. The summed E-state index contributed by atoms with van der Waals surface area (Å²) in [7, 11) is 0. The molecule has 0 saturated carbocycles. The summed E-state index contributed by atoms with van der Waals surface area (Å²) in [5.41, 5.74) is 0. The zero-order chi connectivity index (χ0) is 8.55. The average molecular weight is 169 g/mol. The third-order valence-corrected chi connectivity index (χ3v) is 3.19. The van der Waals surface area contributed by atoms with Gasteiger partial charge in [0.1, 0.15) is 0 Å². The lowest BCUT2D eigenvalue weighted by Gasteiger charge is -2.38. The Hall–Kier alpha value is -0.0800. The second-order valence-electron chi connectivity index (χ2n) is 4.28. The van der Waals surface area contributed by atoms with E-state index in [2.05, 4.69) is 18.7 Å². The minimum atomic E-state index is 0.563. The molecule has 0 N–H and O–H groups in total. The lowest BCUT2D eigenvalue weighted by molar-refractivity contribution is 0.0941. The quantitative estimate of drug-likeness (QED) is 0.584. The minimum Gasteiger partial charge on any atom is -0.372 e. The van der Waals surface area contributed by atoms with Gasteiger partial charge >= 0.3 is 0 Å². The number of ether oxygens (including phenoxy) is 1. The van der Waals surface area contributed by atoms with E-state index >= 15 is 0 Å². The summed E-state index contributed by atoms with van der Waals surface area (Å²) in [5.74, 6) is 0. The molecule has 2 aliphatic heterocycles. The summed E-state index contributed by atoms with van der Waals surface area (Å²) in [4.78, 5) is 2.61. The lowest BCUT2D eigenvalue weighted by atomic mass is 9.97. The maximum absolute atomic E-state index is 5.27. The van der Waals surface area contributed by atoms with E-state index < -0.39 is 0 Å². The number of nitrogens with zero attached hydrogens (tertiary/aromatic N) is 1. The van der Waals surface area contributed by atoms with Gasteiger partial charge in [-0.25, -0.2) is 0 Å². The third kappa shape index (κ3) is 1.80. The van der Waals surface area contributed by atoms with E-state index in [1.807, 2.05) is 0 Å². The Labute approximate surface area is 74.9 Å². The van der Waals surface area contributed by atoms with Crippen LogP contribution in [0.2, 0.25) is 0 Å². The molecule has 0 aromatic carbocycles. The van der Waals surface area contributed by atoms with Gasteiger partial charge in [0, 0.05) is 18.6 Å². The van der Waals surface area contributed by atoms with Crippen molar-refractivity contribution in [3.8, 4) is 0 Å². The van der Waals surface area contributed by atoms with E-state index in [1.165, 1.54) is 25.8 Å². The summed E-state index contributed by atoms with van der Waals surface area (Å²) in [5, 5.41) is 0. The summed E-state index contributed by atoms with van der Waals surface area (Å²) < 4.78 is 5.27. The van der Waals surface area contributed by atoms with E-state index in [0.717, 1.165) is 18.7 Å². The number of rotatable bonds is 2. The molecule has 0 spiro atoms. The number of epoxide rings is 1. The number of piperidine rings is 1. The fraction of sp³-hybridized carbons (Fsp3) is 1.00. The normalized spacial score (nSPS) is 43.0. The van der Waals surface area contributed by atoms with Gasteiger partial charge in [0.25, 0.3) is 0 Å². The van der Waals surface area contributed by atoms with E-state index in [-0.39, 0.29) is 0 Å². The van der Waals surface area contributed by atoms with Crippen molar-refractivity contribution in [3.63, 3.8) is 0 Å². The van der Waals surface area contributed by atoms with Crippen LogP contribution in [0, 0.1) is 0 Å². The molecule has 0 radical (unpaired) electrons. The van der Waals surface area contributed by atoms with E-state index in [1.54, 1.807) is 0 Å². The number of likely N-dealkylation sites (tertiary alicyclic amines) is 1. The Morgan fingerprint density at radius 2 is 1.83 bits per heavy atom. The predicted molar refractivity (Wildman–Crippen MR) is 49.2 cm³/mol. The molecule has 0 aliphatic carbocycles. The average Bonchev–Trinajstić information content (AvgIpc) is 2.80. The van der Waals surface area contributed by atoms with Gasteiger partial charge in [0.2, 0.25) is 0 Å². The fourth-order valence-corrected chi connectivity index (χ4v) is 2.24. The molecule has 70 valence electrons. The molecule has 0 aromatic rings. The van der Waals surface area contributed by atoms with Crippen LogP contribution in [0.3, 0.4) is 0 Å². The Kier molecular flexibility index (Phi) is 2.37. The molecule has 2 aliphatic rings. The largest absolute Gasteiger partial charge is 0.372 e. The van der Waals surface area contributed by atoms with Gasteiger partial charge in [-0.15, -0.1) is 0 Å². The monoisotopic (exact) mass is 169 g/mol. The van der Waals surface area contributed by atoms with Crippen molar-refractivity contribution in [3.05, 3.63) is 0 Å². The van der Waals surface area contributed by atoms with Crippen LogP contribution in [-0.4, -0.2) is 36.2 Å². The van der Waals surface area contributed by atoms with Gasteiger partial charge in [0.05, 0.1) is 12.7 Å². The highest BCUT2D eigenvalue weighted by atomic mass is 16.6. The Balaban J connectivity index is 1.88. The SMILES string of the molecule is C[C@@H]1CCC[C@H](C)N1C[C@H]1CO1. The zero-order valence-electron chi connectivity index (χ0n) is 8.12. The van der Waals surface area contributed by atoms with Crippen LogP contribution >= 0.6 is 0 Å². The molecule has 0 bridgehead atoms. The Bertz CT molecular complexity index is 146. The molecule has 0 amide bonds. The molecular weight excluding hydrogens is 150 g/mol. The highest BCUT2D eigenvalue weighted by Gasteiger charge is 2.31. The number of hydrogen-bond acceptors (Lipinski definition) is 2. The van der Waals surface area contributed by atoms with E-state index in [4.69, 9.17) is 4.74 Å². The molecule has 0 unspecified atom stereocenters. The third-order valence-electron chi connectivity index (χ3n) is 3.19. The van der Waals surface area contributed by atoms with E-state index in [9.17, 15) is 0 Å². The molecule has 2 heteroatoms. The fourth-order valence-electron chi connectivity index (χ4n) is 2.24. The molecule has 3 atom stereocenters. The van der Waals surface area contributed by atoms with E-state index in [0.29, 0.717) is 6.10 Å². The maximum atomic E-state index is 5.27. The molecule has 12 heavy (non-hydrogen) atoms. The van der Waals surface area contributed by atoms with Crippen molar-refractivity contribution in [2.75, 3.05) is 13.2 Å². The smallest absolute Gasteiger partial charge is 0.0936 e. The van der Waals surface area contributed by atoms with Crippen molar-refractivity contribution < 1.29 is 4.74 Å². The van der Waals surface area contributed by atoms with Crippen molar-refractivity contribution in [2.24, 2.45) is 0 Å². The second-order valence-corrected chi connectivity index (χ2v) is 4.28. The van der Waals surface area contributed by atoms with Gasteiger partial charge in [-0.1, -0.05) is 6.42 Å². The van der Waals surface area contributed by atoms with Crippen LogP contribution in [-0.2, 0) is 4.74 Å². The molecule has 2 saturated heterocycles. The molecule has 2 fully saturated rings. The number of hydrogen-bond donors (Lipinski definition) is 0. The van der Waals surface area contributed by atoms with Gasteiger partial charge < -0.3 is 4.74 Å². The van der Waals surface area contributed by atoms with Gasteiger partial charge in [-0.3, -0.25) is 4.90 Å². The highest BCUT2D eigenvalue weighted by molar-refractivity contribution is 4.84. The summed E-state index contributed by atoms with van der Waals surface area (Å²) >= 11 is 0. The first-order valence-electron chi connectivity index (χ1n) is 5.14. The second kappa shape index (κ2) is 3.35. The van der Waals surface area contributed by atoms with Gasteiger partial charge in [0.15, 0.2) is 0 Å². The van der Waals surface area contributed by atoms with Crippen molar-refractivity contribution in [2.45, 2.75) is 51.3 Å². The molecule has 2 nitrogen and oxygen atoms in total. The van der Waals surface area contributed by atoms with Crippen LogP contribution in [0.5, 0.6) is 0 Å². The topological polar surface area (TPSA) is 15.8 Å². The minimum absolute atomic E-state index is 0.563. The predicted octanol–water partition coefficient (Wildman–Crippen LogP) is 1.65. The van der Waals surface area contributed by atoms with Crippen LogP contribution in [0.25, 0.3) is 0 Å². The molecule has 2 heterocycles. The van der Waals surface area contributed by atoms with Crippen molar-refractivity contribution in [1.29, 1.82) is 0 Å². The summed E-state index contributed by atoms with van der Waals surface area (Å²) in [6, 6.07) is 1.55. The Morgan fingerprint density at radius 1 is 1.25 bits per heavy atom. The molecular formula is C10H19NO. The maximum Gasteiger partial charge on any atom is 0.0936 e.